The van der Waals surface area contributed by atoms with Gasteiger partial charge in [0.05, 0.1) is 26.0 Å². The molecule has 26 heavy (non-hydrogen) atoms. The van der Waals surface area contributed by atoms with Crippen LogP contribution in [0, 0.1) is 12.3 Å². The van der Waals surface area contributed by atoms with Crippen LogP contribution in [0.3, 0.4) is 0 Å². The maximum atomic E-state index is 13.0. The van der Waals surface area contributed by atoms with Crippen molar-refractivity contribution in [3.8, 4) is 5.88 Å². The van der Waals surface area contributed by atoms with Gasteiger partial charge in [-0.05, 0) is 37.7 Å². The standard InChI is InChI=1S/C18H27N3O4S/c1-14-16(3-4-17(19-14)24-2)26(22,23)21-12-18(13-21)6-5-15(11-18)20-7-9-25-10-8-20/h3-4,15H,5-13H2,1-2H3. The van der Waals surface area contributed by atoms with Crippen LogP contribution in [0.25, 0.3) is 0 Å². The minimum atomic E-state index is -3.48. The SMILES string of the molecule is COc1ccc(S(=O)(=O)N2CC3(CCC(N4CCOCC4)C3)C2)c(C)n1. The number of pyridine rings is 1. The molecular formula is C18H27N3O4S. The molecule has 4 rings (SSSR count). The smallest absolute Gasteiger partial charge is 0.244 e. The predicted molar refractivity (Wildman–Crippen MR) is 96.7 cm³/mol. The van der Waals surface area contributed by atoms with Gasteiger partial charge in [-0.3, -0.25) is 4.90 Å². The highest BCUT2D eigenvalue weighted by Gasteiger charge is 2.53. The normalized spacial score (nSPS) is 26.8. The molecule has 0 N–H and O–H groups in total. The summed E-state index contributed by atoms with van der Waals surface area (Å²) in [5, 5.41) is 0. The third-order valence-corrected chi connectivity index (χ3v) is 8.03. The van der Waals surface area contributed by atoms with Crippen LogP contribution in [0.2, 0.25) is 0 Å². The fourth-order valence-electron chi connectivity index (χ4n) is 4.64. The molecule has 3 aliphatic rings. The van der Waals surface area contributed by atoms with E-state index in [4.69, 9.17) is 9.47 Å². The van der Waals surface area contributed by atoms with Crippen LogP contribution >= 0.6 is 0 Å². The molecule has 1 unspecified atom stereocenters. The van der Waals surface area contributed by atoms with Crippen molar-refractivity contribution in [2.75, 3.05) is 46.5 Å². The van der Waals surface area contributed by atoms with Crippen molar-refractivity contribution in [3.63, 3.8) is 0 Å². The Balaban J connectivity index is 1.42. The first-order valence-electron chi connectivity index (χ1n) is 9.27. The van der Waals surface area contributed by atoms with Crippen molar-refractivity contribution < 1.29 is 17.9 Å². The van der Waals surface area contributed by atoms with Crippen LogP contribution in [-0.2, 0) is 14.8 Å². The number of sulfonamides is 1. The minimum absolute atomic E-state index is 0.157. The third kappa shape index (κ3) is 3.13. The van der Waals surface area contributed by atoms with E-state index >= 15 is 0 Å². The molecule has 1 aromatic rings. The summed E-state index contributed by atoms with van der Waals surface area (Å²) in [4.78, 5) is 7.02. The van der Waals surface area contributed by atoms with Crippen molar-refractivity contribution in [1.82, 2.24) is 14.2 Å². The molecule has 0 amide bonds. The molecule has 3 heterocycles. The largest absolute Gasteiger partial charge is 0.481 e. The van der Waals surface area contributed by atoms with E-state index in [1.54, 1.807) is 23.4 Å². The Labute approximate surface area is 155 Å². The number of morpholine rings is 1. The Hall–Kier alpha value is -1.22. The third-order valence-electron chi connectivity index (χ3n) is 6.10. The fourth-order valence-corrected chi connectivity index (χ4v) is 6.47. The van der Waals surface area contributed by atoms with E-state index in [1.165, 1.54) is 7.11 Å². The number of nitrogens with zero attached hydrogens (tertiary/aromatic N) is 3. The number of methoxy groups -OCH3 is 1. The molecule has 1 aliphatic carbocycles. The lowest BCUT2D eigenvalue weighted by Crippen LogP contribution is -2.57. The second-order valence-corrected chi connectivity index (χ2v) is 9.66. The highest BCUT2D eigenvalue weighted by molar-refractivity contribution is 7.89. The van der Waals surface area contributed by atoms with Crippen LogP contribution in [0.4, 0.5) is 0 Å². The zero-order chi connectivity index (χ0) is 18.4. The molecule has 144 valence electrons. The summed E-state index contributed by atoms with van der Waals surface area (Å²) in [7, 11) is -1.95. The summed E-state index contributed by atoms with van der Waals surface area (Å²) < 4.78 is 38.1. The number of hydrogen-bond donors (Lipinski definition) is 0. The van der Waals surface area contributed by atoms with Crippen molar-refractivity contribution in [1.29, 1.82) is 0 Å². The summed E-state index contributed by atoms with van der Waals surface area (Å²) in [6.45, 7) is 6.60. The summed E-state index contributed by atoms with van der Waals surface area (Å²) in [5.74, 6) is 0.436. The van der Waals surface area contributed by atoms with E-state index in [0.29, 0.717) is 30.7 Å². The molecule has 3 fully saturated rings. The molecule has 1 spiro atoms. The van der Waals surface area contributed by atoms with Crippen LogP contribution in [-0.4, -0.2) is 75.2 Å². The Bertz CT molecular complexity index is 771. The van der Waals surface area contributed by atoms with E-state index in [2.05, 4.69) is 9.88 Å². The number of aryl methyl sites for hydroxylation is 1. The van der Waals surface area contributed by atoms with Gasteiger partial charge in [-0.2, -0.15) is 4.31 Å². The lowest BCUT2D eigenvalue weighted by Gasteiger charge is -2.47. The van der Waals surface area contributed by atoms with Crippen LogP contribution < -0.4 is 4.74 Å². The molecule has 0 aromatic carbocycles. The van der Waals surface area contributed by atoms with E-state index in [0.717, 1.165) is 45.6 Å². The molecular weight excluding hydrogens is 354 g/mol. The van der Waals surface area contributed by atoms with Gasteiger partial charge in [-0.25, -0.2) is 13.4 Å². The summed E-state index contributed by atoms with van der Waals surface area (Å²) in [6.07, 6.45) is 3.37. The average molecular weight is 381 g/mol. The maximum Gasteiger partial charge on any atom is 0.244 e. The predicted octanol–water partition coefficient (Wildman–Crippen LogP) is 1.27. The number of ether oxygens (including phenoxy) is 2. The van der Waals surface area contributed by atoms with E-state index in [9.17, 15) is 8.42 Å². The van der Waals surface area contributed by atoms with Gasteiger partial charge in [-0.1, -0.05) is 0 Å². The Morgan fingerprint density at radius 1 is 1.27 bits per heavy atom. The Morgan fingerprint density at radius 3 is 2.65 bits per heavy atom. The topological polar surface area (TPSA) is 72.0 Å². The zero-order valence-electron chi connectivity index (χ0n) is 15.5. The van der Waals surface area contributed by atoms with E-state index in [-0.39, 0.29) is 10.3 Å². The second-order valence-electron chi connectivity index (χ2n) is 7.76. The Kier molecular flexibility index (Phi) is 4.71. The van der Waals surface area contributed by atoms with Gasteiger partial charge >= 0.3 is 0 Å². The fraction of sp³-hybridized carbons (Fsp3) is 0.722. The van der Waals surface area contributed by atoms with Gasteiger partial charge < -0.3 is 9.47 Å². The van der Waals surface area contributed by atoms with Crippen molar-refractivity contribution in [3.05, 3.63) is 17.8 Å². The second kappa shape index (κ2) is 6.74. The lowest BCUT2D eigenvalue weighted by atomic mass is 9.80. The molecule has 1 saturated carbocycles. The molecule has 0 radical (unpaired) electrons. The van der Waals surface area contributed by atoms with Crippen LogP contribution in [0.5, 0.6) is 5.88 Å². The van der Waals surface area contributed by atoms with Crippen molar-refractivity contribution >= 4 is 10.0 Å². The van der Waals surface area contributed by atoms with E-state index < -0.39 is 10.0 Å². The highest BCUT2D eigenvalue weighted by Crippen LogP contribution is 2.48. The van der Waals surface area contributed by atoms with Gasteiger partial charge in [-0.15, -0.1) is 0 Å². The molecule has 1 aromatic heterocycles. The summed E-state index contributed by atoms with van der Waals surface area (Å²) in [6, 6.07) is 3.79. The highest BCUT2D eigenvalue weighted by atomic mass is 32.2. The number of aromatic nitrogens is 1. The van der Waals surface area contributed by atoms with Crippen LogP contribution in [0.1, 0.15) is 25.0 Å². The first kappa shape index (κ1) is 18.2. The Morgan fingerprint density at radius 2 is 2.00 bits per heavy atom. The van der Waals surface area contributed by atoms with Gasteiger partial charge in [0.25, 0.3) is 0 Å². The number of hydrogen-bond acceptors (Lipinski definition) is 6. The lowest BCUT2D eigenvalue weighted by molar-refractivity contribution is 0.00815. The average Bonchev–Trinajstić information content (AvgIpc) is 3.07. The number of rotatable bonds is 4. The van der Waals surface area contributed by atoms with Crippen molar-refractivity contribution in [2.24, 2.45) is 5.41 Å². The van der Waals surface area contributed by atoms with Crippen molar-refractivity contribution in [2.45, 2.75) is 37.1 Å². The van der Waals surface area contributed by atoms with Gasteiger partial charge in [0.15, 0.2) is 0 Å². The van der Waals surface area contributed by atoms with Gasteiger partial charge in [0.1, 0.15) is 4.90 Å². The first-order chi connectivity index (χ1) is 12.4. The monoisotopic (exact) mass is 381 g/mol. The molecule has 2 saturated heterocycles. The molecule has 0 bridgehead atoms. The quantitative estimate of drug-likeness (QED) is 0.782. The maximum absolute atomic E-state index is 13.0. The zero-order valence-corrected chi connectivity index (χ0v) is 16.3. The molecule has 2 aliphatic heterocycles. The van der Waals surface area contributed by atoms with Gasteiger partial charge in [0, 0.05) is 38.3 Å². The first-order valence-corrected chi connectivity index (χ1v) is 10.7. The summed E-state index contributed by atoms with van der Waals surface area (Å²) in [5.41, 5.74) is 0.645. The van der Waals surface area contributed by atoms with Gasteiger partial charge in [0.2, 0.25) is 15.9 Å². The summed E-state index contributed by atoms with van der Waals surface area (Å²) >= 11 is 0. The van der Waals surface area contributed by atoms with Crippen LogP contribution in [0.15, 0.2) is 17.0 Å². The molecule has 8 heteroatoms. The van der Waals surface area contributed by atoms with E-state index in [1.807, 2.05) is 0 Å². The molecule has 1 atom stereocenters. The minimum Gasteiger partial charge on any atom is -0.481 e. The molecule has 7 nitrogen and oxygen atoms in total.